The molecule has 1 aromatic rings. The largest absolute Gasteiger partial charge is 0.353 e. The van der Waals surface area contributed by atoms with Crippen molar-refractivity contribution < 1.29 is 9.32 Å². The van der Waals surface area contributed by atoms with Crippen LogP contribution in [0.5, 0.6) is 0 Å². The van der Waals surface area contributed by atoms with E-state index in [0.717, 1.165) is 6.42 Å². The van der Waals surface area contributed by atoms with Crippen molar-refractivity contribution in [2.45, 2.75) is 58.4 Å². The Morgan fingerprint density at radius 2 is 2.22 bits per heavy atom. The van der Waals surface area contributed by atoms with Crippen LogP contribution in [0.15, 0.2) is 4.52 Å². The molecule has 2 unspecified atom stereocenters. The van der Waals surface area contributed by atoms with E-state index in [1.54, 1.807) is 6.92 Å². The van der Waals surface area contributed by atoms with Gasteiger partial charge in [0.2, 0.25) is 11.8 Å². The smallest absolute Gasteiger partial charge is 0.227 e. The molecular formula is C13H21N3O2. The summed E-state index contributed by atoms with van der Waals surface area (Å²) in [6.07, 6.45) is 5.77. The number of aryl methyl sites for hydroxylation is 2. The predicted molar refractivity (Wildman–Crippen MR) is 66.9 cm³/mol. The van der Waals surface area contributed by atoms with Gasteiger partial charge in [0.05, 0.1) is 0 Å². The Balaban J connectivity index is 1.74. The summed E-state index contributed by atoms with van der Waals surface area (Å²) in [5, 5.41) is 6.82. The van der Waals surface area contributed by atoms with Gasteiger partial charge in [-0.2, -0.15) is 4.98 Å². The molecular weight excluding hydrogens is 230 g/mol. The fourth-order valence-electron chi connectivity index (χ4n) is 2.47. The van der Waals surface area contributed by atoms with Gasteiger partial charge in [-0.1, -0.05) is 24.9 Å². The van der Waals surface area contributed by atoms with Crippen LogP contribution in [0.25, 0.3) is 0 Å². The first-order chi connectivity index (χ1) is 8.65. The highest BCUT2D eigenvalue weighted by Gasteiger charge is 2.22. The summed E-state index contributed by atoms with van der Waals surface area (Å²) >= 11 is 0. The number of nitrogens with zero attached hydrogens (tertiary/aromatic N) is 2. The van der Waals surface area contributed by atoms with Gasteiger partial charge in [0.15, 0.2) is 5.82 Å². The molecule has 1 N–H and O–H groups in total. The predicted octanol–water partition coefficient (Wildman–Crippen LogP) is 2.01. The molecule has 1 aromatic heterocycles. The molecule has 5 heteroatoms. The van der Waals surface area contributed by atoms with E-state index in [2.05, 4.69) is 22.4 Å². The highest BCUT2D eigenvalue weighted by molar-refractivity contribution is 5.76. The van der Waals surface area contributed by atoms with Gasteiger partial charge < -0.3 is 9.84 Å². The third-order valence-corrected chi connectivity index (χ3v) is 3.59. The van der Waals surface area contributed by atoms with Crippen LogP contribution >= 0.6 is 0 Å². The number of hydrogen-bond acceptors (Lipinski definition) is 4. The summed E-state index contributed by atoms with van der Waals surface area (Å²) in [5.41, 5.74) is 0. The lowest BCUT2D eigenvalue weighted by molar-refractivity contribution is -0.122. The van der Waals surface area contributed by atoms with E-state index in [9.17, 15) is 4.79 Å². The zero-order chi connectivity index (χ0) is 13.0. The first kappa shape index (κ1) is 13.1. The monoisotopic (exact) mass is 251 g/mol. The number of rotatable bonds is 4. The van der Waals surface area contributed by atoms with Crippen molar-refractivity contribution in [3.05, 3.63) is 11.7 Å². The quantitative estimate of drug-likeness (QED) is 0.888. The minimum atomic E-state index is 0.0876. The number of hydrogen-bond donors (Lipinski definition) is 1. The van der Waals surface area contributed by atoms with Crippen molar-refractivity contribution in [2.75, 3.05) is 0 Å². The van der Waals surface area contributed by atoms with Crippen molar-refractivity contribution in [3.8, 4) is 0 Å². The Morgan fingerprint density at radius 3 is 2.89 bits per heavy atom. The van der Waals surface area contributed by atoms with E-state index in [1.807, 2.05) is 0 Å². The lowest BCUT2D eigenvalue weighted by Crippen LogP contribution is -2.41. The van der Waals surface area contributed by atoms with Crippen molar-refractivity contribution in [2.24, 2.45) is 5.92 Å². The molecule has 1 aliphatic rings. The maximum absolute atomic E-state index is 11.8. The number of amides is 1. The molecule has 5 nitrogen and oxygen atoms in total. The summed E-state index contributed by atoms with van der Waals surface area (Å²) in [6, 6.07) is 0.343. The zero-order valence-electron chi connectivity index (χ0n) is 11.1. The van der Waals surface area contributed by atoms with Gasteiger partial charge in [0, 0.05) is 18.9 Å². The molecule has 2 atom stereocenters. The number of carbonyl (C=O) groups is 1. The Kier molecular flexibility index (Phi) is 4.33. The van der Waals surface area contributed by atoms with Gasteiger partial charge in [-0.05, 0) is 25.7 Å². The van der Waals surface area contributed by atoms with Gasteiger partial charge >= 0.3 is 0 Å². The number of nitrogens with one attached hydrogen (secondary N) is 1. The molecule has 0 radical (unpaired) electrons. The maximum Gasteiger partial charge on any atom is 0.227 e. The van der Waals surface area contributed by atoms with Crippen molar-refractivity contribution in [3.63, 3.8) is 0 Å². The molecule has 100 valence electrons. The Bertz CT molecular complexity index is 403. The lowest BCUT2D eigenvalue weighted by atomic mass is 9.86. The van der Waals surface area contributed by atoms with Crippen LogP contribution in [0.1, 0.15) is 50.7 Å². The highest BCUT2D eigenvalue weighted by atomic mass is 16.5. The lowest BCUT2D eigenvalue weighted by Gasteiger charge is -2.29. The molecule has 1 saturated carbocycles. The molecule has 0 spiro atoms. The molecule has 0 bridgehead atoms. The number of aromatic nitrogens is 2. The third-order valence-electron chi connectivity index (χ3n) is 3.59. The second-order valence-corrected chi connectivity index (χ2v) is 5.17. The maximum atomic E-state index is 11.8. The van der Waals surface area contributed by atoms with Crippen molar-refractivity contribution in [1.82, 2.24) is 15.5 Å². The van der Waals surface area contributed by atoms with Crippen LogP contribution in [0.2, 0.25) is 0 Å². The molecule has 1 aliphatic carbocycles. The summed E-state index contributed by atoms with van der Waals surface area (Å²) in [7, 11) is 0. The fraction of sp³-hybridized carbons (Fsp3) is 0.769. The average Bonchev–Trinajstić information content (AvgIpc) is 2.76. The minimum Gasteiger partial charge on any atom is -0.353 e. The normalized spacial score (nSPS) is 23.9. The summed E-state index contributed by atoms with van der Waals surface area (Å²) < 4.78 is 4.98. The third kappa shape index (κ3) is 3.55. The molecule has 1 fully saturated rings. The van der Waals surface area contributed by atoms with Crippen molar-refractivity contribution >= 4 is 5.91 Å². The van der Waals surface area contributed by atoms with Gasteiger partial charge in [-0.3, -0.25) is 4.79 Å². The summed E-state index contributed by atoms with van der Waals surface area (Å²) in [4.78, 5) is 15.9. The van der Waals surface area contributed by atoms with Crippen LogP contribution < -0.4 is 5.32 Å². The fourth-order valence-corrected chi connectivity index (χ4v) is 2.47. The van der Waals surface area contributed by atoms with Gasteiger partial charge in [0.1, 0.15) is 0 Å². The van der Waals surface area contributed by atoms with E-state index in [0.29, 0.717) is 36.5 Å². The van der Waals surface area contributed by atoms with Gasteiger partial charge in [-0.25, -0.2) is 0 Å². The second-order valence-electron chi connectivity index (χ2n) is 5.17. The van der Waals surface area contributed by atoms with Crippen LogP contribution in [-0.2, 0) is 11.2 Å². The molecule has 0 saturated heterocycles. The first-order valence-corrected chi connectivity index (χ1v) is 6.73. The molecule has 2 rings (SSSR count). The van der Waals surface area contributed by atoms with Crippen LogP contribution in [0.4, 0.5) is 0 Å². The molecule has 1 heterocycles. The molecule has 0 aliphatic heterocycles. The van der Waals surface area contributed by atoms with E-state index >= 15 is 0 Å². The summed E-state index contributed by atoms with van der Waals surface area (Å²) in [5.74, 6) is 1.84. The van der Waals surface area contributed by atoms with E-state index in [-0.39, 0.29) is 5.91 Å². The highest BCUT2D eigenvalue weighted by Crippen LogP contribution is 2.23. The minimum absolute atomic E-state index is 0.0876. The topological polar surface area (TPSA) is 68.0 Å². The van der Waals surface area contributed by atoms with Crippen LogP contribution in [0.3, 0.4) is 0 Å². The van der Waals surface area contributed by atoms with E-state index in [1.165, 1.54) is 19.3 Å². The Labute approximate surface area is 107 Å². The molecule has 18 heavy (non-hydrogen) atoms. The standard InChI is InChI=1S/C13H21N3O2/c1-9-5-3-4-6-11(9)15-12(17)7-8-13-14-10(2)16-18-13/h9,11H,3-8H2,1-2H3,(H,15,17). The number of carbonyl (C=O) groups excluding carboxylic acids is 1. The summed E-state index contributed by atoms with van der Waals surface area (Å²) in [6.45, 7) is 3.99. The Hall–Kier alpha value is -1.39. The van der Waals surface area contributed by atoms with Gasteiger partial charge in [0.25, 0.3) is 0 Å². The first-order valence-electron chi connectivity index (χ1n) is 6.73. The van der Waals surface area contributed by atoms with Crippen molar-refractivity contribution in [1.29, 1.82) is 0 Å². The average molecular weight is 251 g/mol. The SMILES string of the molecule is Cc1noc(CCC(=O)NC2CCCCC2C)n1. The van der Waals surface area contributed by atoms with Crippen LogP contribution in [0, 0.1) is 12.8 Å². The Morgan fingerprint density at radius 1 is 1.44 bits per heavy atom. The zero-order valence-corrected chi connectivity index (χ0v) is 11.1. The molecule has 1 amide bonds. The van der Waals surface area contributed by atoms with Crippen LogP contribution in [-0.4, -0.2) is 22.1 Å². The van der Waals surface area contributed by atoms with E-state index < -0.39 is 0 Å². The second kappa shape index (κ2) is 5.98. The van der Waals surface area contributed by atoms with Gasteiger partial charge in [-0.15, -0.1) is 0 Å². The van der Waals surface area contributed by atoms with E-state index in [4.69, 9.17) is 4.52 Å². The molecule has 0 aromatic carbocycles.